The number of anilines is 1. The molecule has 1 atom stereocenters. The summed E-state index contributed by atoms with van der Waals surface area (Å²) in [6.45, 7) is 3.67. The molecule has 3 rings (SSSR count). The smallest absolute Gasteiger partial charge is 0.304 e. The average molecular weight is 260 g/mol. The van der Waals surface area contributed by atoms with E-state index in [4.69, 9.17) is 5.11 Å². The van der Waals surface area contributed by atoms with Crippen LogP contribution in [-0.4, -0.2) is 48.2 Å². The van der Waals surface area contributed by atoms with Crippen LogP contribution in [0.3, 0.4) is 0 Å². The van der Waals surface area contributed by atoms with Crippen molar-refractivity contribution in [1.29, 1.82) is 0 Å². The van der Waals surface area contributed by atoms with E-state index in [0.717, 1.165) is 26.1 Å². The fourth-order valence-electron chi connectivity index (χ4n) is 3.27. The molecule has 2 heterocycles. The average Bonchev–Trinajstić information content (AvgIpc) is 2.44. The topological polar surface area (TPSA) is 43.8 Å². The van der Waals surface area contributed by atoms with Gasteiger partial charge in [0.1, 0.15) is 0 Å². The second kappa shape index (κ2) is 5.21. The van der Waals surface area contributed by atoms with Crippen LogP contribution in [0.4, 0.5) is 5.69 Å². The van der Waals surface area contributed by atoms with Crippen LogP contribution in [0.2, 0.25) is 0 Å². The Morgan fingerprint density at radius 1 is 1.32 bits per heavy atom. The Balaban J connectivity index is 1.67. The number of rotatable bonds is 3. The number of fused-ring (bicyclic) bond motifs is 3. The molecule has 0 aliphatic carbocycles. The molecule has 0 spiro atoms. The van der Waals surface area contributed by atoms with Gasteiger partial charge in [-0.25, -0.2) is 0 Å². The predicted octanol–water partition coefficient (Wildman–Crippen LogP) is 1.60. The number of hydrogen-bond donors (Lipinski definition) is 1. The van der Waals surface area contributed by atoms with E-state index < -0.39 is 5.97 Å². The highest BCUT2D eigenvalue weighted by Gasteiger charge is 2.31. The lowest BCUT2D eigenvalue weighted by atomic mass is 9.94. The zero-order valence-electron chi connectivity index (χ0n) is 11.1. The molecule has 2 aliphatic rings. The van der Waals surface area contributed by atoms with Crippen molar-refractivity contribution in [2.24, 2.45) is 0 Å². The fourth-order valence-corrected chi connectivity index (χ4v) is 3.27. The molecule has 4 heteroatoms. The quantitative estimate of drug-likeness (QED) is 0.896. The second-order valence-electron chi connectivity index (χ2n) is 5.46. The number of aryl methyl sites for hydroxylation is 1. The maximum Gasteiger partial charge on any atom is 0.304 e. The lowest BCUT2D eigenvalue weighted by Gasteiger charge is -2.46. The van der Waals surface area contributed by atoms with Crippen LogP contribution >= 0.6 is 0 Å². The van der Waals surface area contributed by atoms with Gasteiger partial charge in [-0.2, -0.15) is 0 Å². The van der Waals surface area contributed by atoms with Crippen LogP contribution in [0.25, 0.3) is 0 Å². The summed E-state index contributed by atoms with van der Waals surface area (Å²) in [5.74, 6) is -0.698. The number of aliphatic carboxylic acids is 1. The summed E-state index contributed by atoms with van der Waals surface area (Å²) in [7, 11) is 0. The van der Waals surface area contributed by atoms with E-state index in [0.29, 0.717) is 12.6 Å². The first-order valence-corrected chi connectivity index (χ1v) is 7.03. The molecule has 1 N–H and O–H groups in total. The maximum atomic E-state index is 10.7. The van der Waals surface area contributed by atoms with Gasteiger partial charge in [0.15, 0.2) is 0 Å². The first kappa shape index (κ1) is 12.5. The van der Waals surface area contributed by atoms with Gasteiger partial charge in [-0.05, 0) is 24.5 Å². The normalized spacial score (nSPS) is 22.7. The van der Waals surface area contributed by atoms with Crippen molar-refractivity contribution in [3.63, 3.8) is 0 Å². The van der Waals surface area contributed by atoms with Crippen molar-refractivity contribution in [1.82, 2.24) is 4.90 Å². The van der Waals surface area contributed by atoms with Crippen LogP contribution in [0.5, 0.6) is 0 Å². The SMILES string of the molecule is O=C(O)CCN1CCN2c3ccccc3CC[C@H]2C1. The van der Waals surface area contributed by atoms with Crippen molar-refractivity contribution >= 4 is 11.7 Å². The van der Waals surface area contributed by atoms with Crippen molar-refractivity contribution in [2.75, 3.05) is 31.1 Å². The van der Waals surface area contributed by atoms with Crippen LogP contribution in [0.1, 0.15) is 18.4 Å². The Morgan fingerprint density at radius 2 is 2.16 bits per heavy atom. The highest BCUT2D eigenvalue weighted by molar-refractivity contribution is 5.66. The maximum absolute atomic E-state index is 10.7. The highest BCUT2D eigenvalue weighted by Crippen LogP contribution is 2.32. The van der Waals surface area contributed by atoms with Gasteiger partial charge in [0.25, 0.3) is 0 Å². The van der Waals surface area contributed by atoms with E-state index >= 15 is 0 Å². The molecule has 0 unspecified atom stereocenters. The third kappa shape index (κ3) is 2.59. The molecule has 0 radical (unpaired) electrons. The third-order valence-electron chi connectivity index (χ3n) is 4.26. The van der Waals surface area contributed by atoms with E-state index in [1.165, 1.54) is 17.7 Å². The van der Waals surface area contributed by atoms with Gasteiger partial charge >= 0.3 is 5.97 Å². The van der Waals surface area contributed by atoms with Gasteiger partial charge in [-0.1, -0.05) is 18.2 Å². The Kier molecular flexibility index (Phi) is 3.42. The summed E-state index contributed by atoms with van der Waals surface area (Å²) in [5.41, 5.74) is 2.84. The van der Waals surface area contributed by atoms with E-state index in [1.54, 1.807) is 0 Å². The van der Waals surface area contributed by atoms with Gasteiger partial charge in [-0.15, -0.1) is 0 Å². The van der Waals surface area contributed by atoms with Crippen LogP contribution in [0.15, 0.2) is 24.3 Å². The van der Waals surface area contributed by atoms with Gasteiger partial charge in [0, 0.05) is 37.9 Å². The molecular formula is C15H20N2O2. The van der Waals surface area contributed by atoms with Gasteiger partial charge < -0.3 is 10.0 Å². The largest absolute Gasteiger partial charge is 0.481 e. The second-order valence-corrected chi connectivity index (χ2v) is 5.46. The molecule has 102 valence electrons. The lowest BCUT2D eigenvalue weighted by molar-refractivity contribution is -0.137. The standard InChI is InChI=1S/C15H20N2O2/c18-15(19)7-8-16-9-10-17-13(11-16)6-5-12-3-1-2-4-14(12)17/h1-4,13H,5-11H2,(H,18,19)/t13-/m0/s1. The van der Waals surface area contributed by atoms with Crippen molar-refractivity contribution in [3.8, 4) is 0 Å². The minimum absolute atomic E-state index is 0.253. The molecule has 0 saturated carbocycles. The number of nitrogens with zero attached hydrogens (tertiary/aromatic N) is 2. The van der Waals surface area contributed by atoms with Crippen LogP contribution < -0.4 is 4.90 Å². The number of benzene rings is 1. The number of para-hydroxylation sites is 1. The molecule has 0 bridgehead atoms. The van der Waals surface area contributed by atoms with Crippen LogP contribution in [-0.2, 0) is 11.2 Å². The Morgan fingerprint density at radius 3 is 3.00 bits per heavy atom. The molecule has 0 aromatic heterocycles. The molecule has 1 aromatic carbocycles. The Labute approximate surface area is 113 Å². The first-order chi connectivity index (χ1) is 9.24. The first-order valence-electron chi connectivity index (χ1n) is 7.03. The summed E-state index contributed by atoms with van der Waals surface area (Å²) in [5, 5.41) is 8.77. The molecule has 1 fully saturated rings. The van der Waals surface area contributed by atoms with Crippen LogP contribution in [0, 0.1) is 0 Å². The Bertz CT molecular complexity index is 475. The van der Waals surface area contributed by atoms with Crippen molar-refractivity contribution in [2.45, 2.75) is 25.3 Å². The van der Waals surface area contributed by atoms with Gasteiger partial charge in [0.2, 0.25) is 0 Å². The number of hydrogen-bond acceptors (Lipinski definition) is 3. The molecule has 2 aliphatic heterocycles. The van der Waals surface area contributed by atoms with E-state index in [-0.39, 0.29) is 6.42 Å². The molecule has 0 amide bonds. The molecule has 1 aromatic rings. The minimum atomic E-state index is -0.698. The zero-order chi connectivity index (χ0) is 13.2. The summed E-state index contributed by atoms with van der Waals surface area (Å²) in [4.78, 5) is 15.5. The minimum Gasteiger partial charge on any atom is -0.481 e. The Hall–Kier alpha value is -1.55. The van der Waals surface area contributed by atoms with E-state index in [2.05, 4.69) is 34.1 Å². The summed E-state index contributed by atoms with van der Waals surface area (Å²) in [6, 6.07) is 9.22. The molecule has 1 saturated heterocycles. The third-order valence-corrected chi connectivity index (χ3v) is 4.26. The van der Waals surface area contributed by atoms with Crippen molar-refractivity contribution < 1.29 is 9.90 Å². The monoisotopic (exact) mass is 260 g/mol. The highest BCUT2D eigenvalue weighted by atomic mass is 16.4. The van der Waals surface area contributed by atoms with Crippen molar-refractivity contribution in [3.05, 3.63) is 29.8 Å². The van der Waals surface area contributed by atoms with E-state index in [1.807, 2.05) is 0 Å². The summed E-state index contributed by atoms with van der Waals surface area (Å²) < 4.78 is 0. The molecular weight excluding hydrogens is 240 g/mol. The van der Waals surface area contributed by atoms with Gasteiger partial charge in [-0.3, -0.25) is 9.69 Å². The summed E-state index contributed by atoms with van der Waals surface area (Å²) in [6.07, 6.45) is 2.58. The number of carboxylic acids is 1. The number of carbonyl (C=O) groups is 1. The number of piperazine rings is 1. The number of carboxylic acid groups (broad SMARTS) is 1. The molecule has 4 nitrogen and oxygen atoms in total. The fraction of sp³-hybridized carbons (Fsp3) is 0.533. The zero-order valence-corrected chi connectivity index (χ0v) is 11.1. The lowest BCUT2D eigenvalue weighted by Crippen LogP contribution is -2.55. The molecule has 19 heavy (non-hydrogen) atoms. The van der Waals surface area contributed by atoms with Gasteiger partial charge in [0.05, 0.1) is 6.42 Å². The predicted molar refractivity (Wildman–Crippen MR) is 74.6 cm³/mol. The van der Waals surface area contributed by atoms with E-state index in [9.17, 15) is 4.79 Å². The summed E-state index contributed by atoms with van der Waals surface area (Å²) >= 11 is 0.